The van der Waals surface area contributed by atoms with Gasteiger partial charge in [0.15, 0.2) is 0 Å². The first-order valence-electron chi connectivity index (χ1n) is 9.34. The molecule has 0 saturated heterocycles. The fraction of sp³-hybridized carbons (Fsp3) is 0.300. The van der Waals surface area contributed by atoms with E-state index < -0.39 is 10.1 Å². The zero-order valence-electron chi connectivity index (χ0n) is 16.7. The number of aliphatic imine (C=N–C) groups is 1. The molecule has 1 heterocycles. The van der Waals surface area contributed by atoms with E-state index in [1.807, 2.05) is 13.8 Å². The van der Waals surface area contributed by atoms with E-state index in [1.54, 1.807) is 24.3 Å². The minimum atomic E-state index is -4.06. The van der Waals surface area contributed by atoms with Crippen LogP contribution < -0.4 is 19.7 Å². The minimum Gasteiger partial charge on any atom is -0.493 e. The van der Waals surface area contributed by atoms with Crippen molar-refractivity contribution in [1.82, 2.24) is 10.7 Å². The van der Waals surface area contributed by atoms with Crippen LogP contribution in [0.2, 0.25) is 5.02 Å². The maximum Gasteiger partial charge on any atom is 0.340 e. The Morgan fingerprint density at radius 2 is 2.03 bits per heavy atom. The molecular formula is C20H23ClN4O4S. The third-order valence-electron chi connectivity index (χ3n) is 4.10. The van der Waals surface area contributed by atoms with Crippen LogP contribution in [0.1, 0.15) is 18.9 Å². The molecule has 0 bridgehead atoms. The van der Waals surface area contributed by atoms with E-state index in [9.17, 15) is 8.42 Å². The van der Waals surface area contributed by atoms with Crippen LogP contribution in [-0.2, 0) is 10.1 Å². The van der Waals surface area contributed by atoms with Gasteiger partial charge >= 0.3 is 10.1 Å². The number of aryl methyl sites for hydroxylation is 1. The summed E-state index contributed by atoms with van der Waals surface area (Å²) >= 11 is 5.99. The minimum absolute atomic E-state index is 0.0867. The molecule has 0 aromatic heterocycles. The van der Waals surface area contributed by atoms with Gasteiger partial charge in [0, 0.05) is 24.7 Å². The number of ether oxygens (including phenoxy) is 1. The van der Waals surface area contributed by atoms with E-state index in [0.717, 1.165) is 24.4 Å². The molecule has 0 spiro atoms. The Morgan fingerprint density at radius 3 is 2.77 bits per heavy atom. The number of benzene rings is 2. The quantitative estimate of drug-likeness (QED) is 0.364. The fourth-order valence-electron chi connectivity index (χ4n) is 2.66. The molecule has 2 N–H and O–H groups in total. The molecule has 3 rings (SSSR count). The summed E-state index contributed by atoms with van der Waals surface area (Å²) in [7, 11) is -4.06. The first-order chi connectivity index (χ1) is 14.3. The van der Waals surface area contributed by atoms with Crippen molar-refractivity contribution < 1.29 is 17.3 Å². The van der Waals surface area contributed by atoms with Gasteiger partial charge in [-0.2, -0.15) is 13.5 Å². The summed E-state index contributed by atoms with van der Waals surface area (Å²) in [4.78, 5) is 4.11. The zero-order chi connectivity index (χ0) is 21.6. The predicted molar refractivity (Wildman–Crippen MR) is 117 cm³/mol. The molecule has 160 valence electrons. The van der Waals surface area contributed by atoms with Gasteiger partial charge in [-0.3, -0.25) is 0 Å². The molecule has 8 nitrogen and oxygen atoms in total. The smallest absolute Gasteiger partial charge is 0.340 e. The largest absolute Gasteiger partial charge is 0.493 e. The second-order valence-electron chi connectivity index (χ2n) is 6.66. The van der Waals surface area contributed by atoms with Crippen LogP contribution >= 0.6 is 11.6 Å². The van der Waals surface area contributed by atoms with Gasteiger partial charge in [-0.25, -0.2) is 10.4 Å². The normalized spacial score (nSPS) is 14.1. The number of nitrogens with one attached hydrogen (secondary N) is 2. The molecule has 0 radical (unpaired) electrons. The maximum absolute atomic E-state index is 12.5. The van der Waals surface area contributed by atoms with E-state index in [-0.39, 0.29) is 15.7 Å². The first-order valence-corrected chi connectivity index (χ1v) is 11.1. The highest BCUT2D eigenvalue weighted by atomic mass is 35.5. The molecule has 2 aromatic rings. The fourth-order valence-corrected chi connectivity index (χ4v) is 4.07. The van der Waals surface area contributed by atoms with Crippen LogP contribution in [0.4, 0.5) is 0 Å². The maximum atomic E-state index is 12.5. The summed E-state index contributed by atoms with van der Waals surface area (Å²) in [6, 6.07) is 11.1. The van der Waals surface area contributed by atoms with Crippen molar-refractivity contribution in [3.63, 3.8) is 0 Å². The average Bonchev–Trinajstić information content (AvgIpc) is 3.19. The molecular weight excluding hydrogens is 428 g/mol. The lowest BCUT2D eigenvalue weighted by molar-refractivity contribution is 0.327. The van der Waals surface area contributed by atoms with E-state index in [0.29, 0.717) is 24.7 Å². The van der Waals surface area contributed by atoms with Gasteiger partial charge in [-0.05, 0) is 43.7 Å². The van der Waals surface area contributed by atoms with Crippen molar-refractivity contribution in [2.45, 2.75) is 25.2 Å². The standard InChI is InChI=1S/C20H23ClN4O4S/c1-14-11-16(28-10-7-15(2)24-25-20-22-8-9-23-20)13-17(12-14)29-30(26,27)19-6-4-3-5-18(19)21/h3-6,11-13H,7-10H2,1-2H3,(H2,22,23,25)/b24-15+. The summed E-state index contributed by atoms with van der Waals surface area (Å²) in [5.41, 5.74) is 4.51. The summed E-state index contributed by atoms with van der Waals surface area (Å²) in [6.07, 6.45) is 0.586. The third-order valence-corrected chi connectivity index (χ3v) is 5.84. The highest BCUT2D eigenvalue weighted by Crippen LogP contribution is 2.28. The predicted octanol–water partition coefficient (Wildman–Crippen LogP) is 3.11. The van der Waals surface area contributed by atoms with Crippen LogP contribution in [0.25, 0.3) is 0 Å². The van der Waals surface area contributed by atoms with Crippen molar-refractivity contribution in [3.8, 4) is 11.5 Å². The highest BCUT2D eigenvalue weighted by Gasteiger charge is 2.20. The molecule has 10 heteroatoms. The molecule has 0 unspecified atom stereocenters. The highest BCUT2D eigenvalue weighted by molar-refractivity contribution is 7.87. The summed E-state index contributed by atoms with van der Waals surface area (Å²) in [5, 5.41) is 7.41. The zero-order valence-corrected chi connectivity index (χ0v) is 18.3. The van der Waals surface area contributed by atoms with Gasteiger partial charge in [0.2, 0.25) is 5.96 Å². The molecule has 1 aliphatic heterocycles. The van der Waals surface area contributed by atoms with E-state index >= 15 is 0 Å². The molecule has 0 aliphatic carbocycles. The van der Waals surface area contributed by atoms with Gasteiger partial charge in [0.05, 0.1) is 18.2 Å². The lowest BCUT2D eigenvalue weighted by Crippen LogP contribution is -2.30. The van der Waals surface area contributed by atoms with Crippen molar-refractivity contribution in [2.75, 3.05) is 19.7 Å². The van der Waals surface area contributed by atoms with Gasteiger partial charge in [0.1, 0.15) is 16.4 Å². The number of guanidine groups is 1. The molecule has 0 fully saturated rings. The van der Waals surface area contributed by atoms with Crippen LogP contribution in [-0.4, -0.2) is 39.8 Å². The van der Waals surface area contributed by atoms with Crippen LogP contribution in [0, 0.1) is 6.92 Å². The second-order valence-corrected chi connectivity index (χ2v) is 8.59. The first kappa shape index (κ1) is 21.9. The Labute approximate surface area is 181 Å². The number of halogens is 1. The summed E-state index contributed by atoms with van der Waals surface area (Å²) < 4.78 is 36.1. The summed E-state index contributed by atoms with van der Waals surface area (Å²) in [5.74, 6) is 1.32. The van der Waals surface area contributed by atoms with E-state index in [4.69, 9.17) is 20.5 Å². The van der Waals surface area contributed by atoms with Gasteiger partial charge in [-0.1, -0.05) is 23.7 Å². The molecule has 0 atom stereocenters. The Balaban J connectivity index is 1.61. The molecule has 2 aromatic carbocycles. The SMILES string of the molecule is C/C(CCOc1cc(C)cc(OS(=O)(=O)c2ccccc2Cl)c1)=N\NC1=NCCN1. The van der Waals surface area contributed by atoms with Crippen LogP contribution in [0.3, 0.4) is 0 Å². The molecule has 1 aliphatic rings. The number of nitrogens with zero attached hydrogens (tertiary/aromatic N) is 2. The van der Waals surface area contributed by atoms with Crippen molar-refractivity contribution >= 4 is 33.4 Å². The Kier molecular flexibility index (Phi) is 7.17. The van der Waals surface area contributed by atoms with Crippen molar-refractivity contribution in [1.29, 1.82) is 0 Å². The Morgan fingerprint density at radius 1 is 1.27 bits per heavy atom. The van der Waals surface area contributed by atoms with E-state index in [2.05, 4.69) is 20.8 Å². The van der Waals surface area contributed by atoms with Gasteiger partial charge in [-0.15, -0.1) is 0 Å². The topological polar surface area (TPSA) is 101 Å². The molecule has 0 amide bonds. The molecule has 0 saturated carbocycles. The molecule has 30 heavy (non-hydrogen) atoms. The Hall–Kier alpha value is -2.78. The Bertz CT molecular complexity index is 1070. The van der Waals surface area contributed by atoms with Crippen molar-refractivity contribution in [2.24, 2.45) is 10.1 Å². The number of hydrazone groups is 1. The monoisotopic (exact) mass is 450 g/mol. The number of hydrogen-bond donors (Lipinski definition) is 2. The number of hydrogen-bond acceptors (Lipinski definition) is 8. The van der Waals surface area contributed by atoms with Gasteiger partial charge < -0.3 is 14.2 Å². The van der Waals surface area contributed by atoms with Crippen LogP contribution in [0.15, 0.2) is 57.5 Å². The summed E-state index contributed by atoms with van der Waals surface area (Å²) in [6.45, 7) is 5.63. The third kappa shape index (κ3) is 6.11. The van der Waals surface area contributed by atoms with Crippen LogP contribution in [0.5, 0.6) is 11.5 Å². The lowest BCUT2D eigenvalue weighted by atomic mass is 10.2. The van der Waals surface area contributed by atoms with Crippen molar-refractivity contribution in [3.05, 3.63) is 53.1 Å². The lowest BCUT2D eigenvalue weighted by Gasteiger charge is -2.12. The average molecular weight is 451 g/mol. The second kappa shape index (κ2) is 9.82. The van der Waals surface area contributed by atoms with Gasteiger partial charge in [0.25, 0.3) is 0 Å². The number of rotatable bonds is 8. The van der Waals surface area contributed by atoms with E-state index in [1.165, 1.54) is 18.2 Å².